The van der Waals surface area contributed by atoms with E-state index >= 15 is 0 Å². The summed E-state index contributed by atoms with van der Waals surface area (Å²) in [6.45, 7) is 5.22. The van der Waals surface area contributed by atoms with Gasteiger partial charge in [-0.3, -0.25) is 0 Å². The van der Waals surface area contributed by atoms with Gasteiger partial charge in [0.25, 0.3) is 0 Å². The van der Waals surface area contributed by atoms with E-state index in [4.69, 9.17) is 9.47 Å². The molecule has 0 heterocycles. The van der Waals surface area contributed by atoms with Crippen molar-refractivity contribution in [3.8, 4) is 11.5 Å². The highest BCUT2D eigenvalue weighted by atomic mass is 16.5. The van der Waals surface area contributed by atoms with Crippen molar-refractivity contribution < 1.29 is 9.47 Å². The van der Waals surface area contributed by atoms with Crippen LogP contribution in [0.25, 0.3) is 0 Å². The molecule has 130 valence electrons. The molecule has 1 atom stereocenters. The molecular formula is C21H29NO2. The monoisotopic (exact) mass is 327 g/mol. The predicted octanol–water partition coefficient (Wildman–Crippen LogP) is 4.90. The van der Waals surface area contributed by atoms with Gasteiger partial charge < -0.3 is 14.8 Å². The smallest absolute Gasteiger partial charge is 0.127 e. The van der Waals surface area contributed by atoms with Crippen molar-refractivity contribution in [3.63, 3.8) is 0 Å². The summed E-state index contributed by atoms with van der Waals surface area (Å²) in [5, 5.41) is 3.70. The zero-order chi connectivity index (χ0) is 17.4. The fraction of sp³-hybridized carbons (Fsp3) is 0.429. The molecule has 3 nitrogen and oxygen atoms in total. The Morgan fingerprint density at radius 1 is 0.958 bits per heavy atom. The summed E-state index contributed by atoms with van der Waals surface area (Å²) in [6, 6.07) is 15.0. The second-order valence-corrected chi connectivity index (χ2v) is 5.97. The van der Waals surface area contributed by atoms with Crippen LogP contribution in [-0.2, 0) is 13.0 Å². The van der Waals surface area contributed by atoms with Crippen LogP contribution in [0.15, 0.2) is 42.5 Å². The Hall–Kier alpha value is -2.00. The predicted molar refractivity (Wildman–Crippen MR) is 99.9 cm³/mol. The standard InChI is InChI=1S/C21H29NO2/c1-5-10-19(22-15-16-11-8-7-9-12-16)18-13-17(6-2)20(23-3)14-21(18)24-4/h7-9,11-14,19,22H,5-6,10,15H2,1-4H3. The number of benzene rings is 2. The van der Waals surface area contributed by atoms with Crippen LogP contribution in [0.4, 0.5) is 0 Å². The normalized spacial score (nSPS) is 12.0. The van der Waals surface area contributed by atoms with Crippen molar-refractivity contribution >= 4 is 0 Å². The summed E-state index contributed by atoms with van der Waals surface area (Å²) in [6.07, 6.45) is 3.12. The van der Waals surface area contributed by atoms with Gasteiger partial charge in [0.1, 0.15) is 11.5 Å². The van der Waals surface area contributed by atoms with Crippen LogP contribution in [0.3, 0.4) is 0 Å². The first-order chi connectivity index (χ1) is 11.7. The average Bonchev–Trinajstić information content (AvgIpc) is 2.64. The van der Waals surface area contributed by atoms with Crippen molar-refractivity contribution in [2.24, 2.45) is 0 Å². The van der Waals surface area contributed by atoms with E-state index in [9.17, 15) is 0 Å². The Morgan fingerprint density at radius 2 is 1.67 bits per heavy atom. The van der Waals surface area contributed by atoms with E-state index in [0.29, 0.717) is 0 Å². The Balaban J connectivity index is 2.28. The van der Waals surface area contributed by atoms with E-state index < -0.39 is 0 Å². The summed E-state index contributed by atoms with van der Waals surface area (Å²) in [7, 11) is 3.44. The molecule has 2 aromatic rings. The highest BCUT2D eigenvalue weighted by molar-refractivity contribution is 5.48. The molecule has 0 aliphatic rings. The van der Waals surface area contributed by atoms with Gasteiger partial charge in [-0.05, 0) is 30.0 Å². The number of hydrogen-bond acceptors (Lipinski definition) is 3. The molecule has 0 aliphatic heterocycles. The minimum absolute atomic E-state index is 0.265. The first kappa shape index (κ1) is 18.3. The molecule has 0 saturated heterocycles. The third kappa shape index (κ3) is 4.51. The molecule has 0 bridgehead atoms. The molecule has 2 aromatic carbocycles. The molecule has 1 unspecified atom stereocenters. The Bertz CT molecular complexity index is 625. The van der Waals surface area contributed by atoms with Gasteiger partial charge in [-0.25, -0.2) is 0 Å². The van der Waals surface area contributed by atoms with Crippen molar-refractivity contribution in [1.82, 2.24) is 5.32 Å². The maximum Gasteiger partial charge on any atom is 0.127 e. The molecule has 0 spiro atoms. The van der Waals surface area contributed by atoms with E-state index in [-0.39, 0.29) is 6.04 Å². The van der Waals surface area contributed by atoms with Gasteiger partial charge >= 0.3 is 0 Å². The number of nitrogens with one attached hydrogen (secondary N) is 1. The molecule has 0 fully saturated rings. The van der Waals surface area contributed by atoms with Crippen LogP contribution in [0.5, 0.6) is 11.5 Å². The van der Waals surface area contributed by atoms with Crippen LogP contribution in [0, 0.1) is 0 Å². The van der Waals surface area contributed by atoms with Crippen LogP contribution < -0.4 is 14.8 Å². The molecule has 3 heteroatoms. The van der Waals surface area contributed by atoms with E-state index in [2.05, 4.69) is 49.5 Å². The molecule has 24 heavy (non-hydrogen) atoms. The van der Waals surface area contributed by atoms with Gasteiger partial charge in [-0.15, -0.1) is 0 Å². The van der Waals surface area contributed by atoms with Gasteiger partial charge in [0.2, 0.25) is 0 Å². The maximum absolute atomic E-state index is 5.65. The van der Waals surface area contributed by atoms with Crippen molar-refractivity contribution in [2.75, 3.05) is 14.2 Å². The summed E-state index contributed by atoms with van der Waals surface area (Å²) in [5.74, 6) is 1.79. The van der Waals surface area contributed by atoms with Crippen LogP contribution in [0.2, 0.25) is 0 Å². The fourth-order valence-electron chi connectivity index (χ4n) is 3.03. The number of methoxy groups -OCH3 is 2. The van der Waals surface area contributed by atoms with Crippen LogP contribution in [0.1, 0.15) is 49.4 Å². The highest BCUT2D eigenvalue weighted by Gasteiger charge is 2.18. The molecular weight excluding hydrogens is 298 g/mol. The average molecular weight is 327 g/mol. The van der Waals surface area contributed by atoms with Gasteiger partial charge in [0, 0.05) is 24.2 Å². The molecule has 2 rings (SSSR count). The molecule has 0 radical (unpaired) electrons. The van der Waals surface area contributed by atoms with E-state index in [1.54, 1.807) is 14.2 Å². The van der Waals surface area contributed by atoms with Crippen LogP contribution in [-0.4, -0.2) is 14.2 Å². The third-order valence-corrected chi connectivity index (χ3v) is 4.36. The lowest BCUT2D eigenvalue weighted by Crippen LogP contribution is -2.21. The Labute approximate surface area is 146 Å². The summed E-state index contributed by atoms with van der Waals surface area (Å²) >= 11 is 0. The quantitative estimate of drug-likeness (QED) is 0.711. The molecule has 1 N–H and O–H groups in total. The zero-order valence-corrected chi connectivity index (χ0v) is 15.3. The van der Waals surface area contributed by atoms with Gasteiger partial charge in [0.15, 0.2) is 0 Å². The summed E-state index contributed by atoms with van der Waals surface area (Å²) in [4.78, 5) is 0. The molecule has 0 saturated carbocycles. The zero-order valence-electron chi connectivity index (χ0n) is 15.3. The Kier molecular flexibility index (Phi) is 7.13. The minimum atomic E-state index is 0.265. The summed E-state index contributed by atoms with van der Waals surface area (Å²) < 4.78 is 11.1. The van der Waals surface area contributed by atoms with E-state index in [0.717, 1.165) is 37.3 Å². The van der Waals surface area contributed by atoms with Gasteiger partial charge in [0.05, 0.1) is 14.2 Å². The number of hydrogen-bond donors (Lipinski definition) is 1. The lowest BCUT2D eigenvalue weighted by molar-refractivity contribution is 0.378. The number of rotatable bonds is 9. The Morgan fingerprint density at radius 3 is 2.25 bits per heavy atom. The van der Waals surface area contributed by atoms with E-state index in [1.807, 2.05) is 12.1 Å². The first-order valence-corrected chi connectivity index (χ1v) is 8.75. The lowest BCUT2D eigenvalue weighted by Gasteiger charge is -2.23. The van der Waals surface area contributed by atoms with Crippen LogP contribution >= 0.6 is 0 Å². The first-order valence-electron chi connectivity index (χ1n) is 8.75. The van der Waals surface area contributed by atoms with Gasteiger partial charge in [-0.2, -0.15) is 0 Å². The second kappa shape index (κ2) is 9.33. The molecule has 0 aliphatic carbocycles. The fourth-order valence-corrected chi connectivity index (χ4v) is 3.03. The maximum atomic E-state index is 5.65. The third-order valence-electron chi connectivity index (χ3n) is 4.36. The van der Waals surface area contributed by atoms with Gasteiger partial charge in [-0.1, -0.05) is 50.6 Å². The topological polar surface area (TPSA) is 30.5 Å². The largest absolute Gasteiger partial charge is 0.496 e. The SMILES string of the molecule is CCCC(NCc1ccccc1)c1cc(CC)c(OC)cc1OC. The molecule has 0 aromatic heterocycles. The van der Waals surface area contributed by atoms with Crippen molar-refractivity contribution in [1.29, 1.82) is 0 Å². The van der Waals surface area contributed by atoms with E-state index in [1.165, 1.54) is 16.7 Å². The number of ether oxygens (including phenoxy) is 2. The second-order valence-electron chi connectivity index (χ2n) is 5.97. The molecule has 0 amide bonds. The summed E-state index contributed by atoms with van der Waals surface area (Å²) in [5.41, 5.74) is 3.73. The van der Waals surface area contributed by atoms with Crippen molar-refractivity contribution in [3.05, 3.63) is 59.2 Å². The lowest BCUT2D eigenvalue weighted by atomic mass is 9.97. The minimum Gasteiger partial charge on any atom is -0.496 e. The highest BCUT2D eigenvalue weighted by Crippen LogP contribution is 2.35. The van der Waals surface area contributed by atoms with Crippen molar-refractivity contribution in [2.45, 2.75) is 45.7 Å². The number of aryl methyl sites for hydroxylation is 1.